The van der Waals surface area contributed by atoms with Gasteiger partial charge < -0.3 is 0 Å². The number of carbonyl (C=O) groups excluding carboxylic acids is 1. The van der Waals surface area contributed by atoms with Crippen LogP contribution in [0, 0.1) is 0 Å². The second kappa shape index (κ2) is 5.11. The predicted octanol–water partition coefficient (Wildman–Crippen LogP) is 3.01. The lowest BCUT2D eigenvalue weighted by molar-refractivity contribution is -0.125. The number of piperidine rings is 1. The molecule has 0 radical (unpaired) electrons. The third-order valence-corrected chi connectivity index (χ3v) is 4.27. The number of carbonyl (C=O) groups is 1. The summed E-state index contributed by atoms with van der Waals surface area (Å²) in [5.74, 6) is 0.441. The lowest BCUT2D eigenvalue weighted by Crippen LogP contribution is -2.55. The molecule has 1 aliphatic heterocycles. The molecule has 0 amide bonds. The van der Waals surface area contributed by atoms with E-state index in [0.717, 1.165) is 19.4 Å². The van der Waals surface area contributed by atoms with Gasteiger partial charge in [-0.2, -0.15) is 0 Å². The molecule has 0 aliphatic carbocycles. The van der Waals surface area contributed by atoms with E-state index in [1.807, 2.05) is 0 Å². The van der Waals surface area contributed by atoms with Gasteiger partial charge in [-0.25, -0.2) is 0 Å². The lowest BCUT2D eigenvalue weighted by Gasteiger charge is -2.48. The molecule has 0 aromatic carbocycles. The number of Topliss-reactive ketones (excluding diaryl/α,β-unsaturated/α-hetero) is 1. The van der Waals surface area contributed by atoms with Gasteiger partial charge in [0.05, 0.1) is 0 Å². The van der Waals surface area contributed by atoms with Gasteiger partial charge in [-0.15, -0.1) is 0 Å². The standard InChI is InChI=1S/C13H25NO/c1-5-13(6-2,7-3)14-9-8-12(15)10-11(14)4/h11H,5-10H2,1-4H3. The van der Waals surface area contributed by atoms with Crippen molar-refractivity contribution in [3.05, 3.63) is 0 Å². The van der Waals surface area contributed by atoms with E-state index in [0.29, 0.717) is 17.4 Å². The third-order valence-electron chi connectivity index (χ3n) is 4.27. The Hall–Kier alpha value is -0.370. The first-order chi connectivity index (χ1) is 7.09. The predicted molar refractivity (Wildman–Crippen MR) is 64.0 cm³/mol. The molecular weight excluding hydrogens is 186 g/mol. The maximum Gasteiger partial charge on any atom is 0.135 e. The van der Waals surface area contributed by atoms with Crippen molar-refractivity contribution in [3.8, 4) is 0 Å². The molecule has 1 rings (SSSR count). The highest BCUT2D eigenvalue weighted by atomic mass is 16.1. The van der Waals surface area contributed by atoms with Crippen molar-refractivity contribution in [2.45, 2.75) is 71.4 Å². The zero-order chi connectivity index (χ0) is 11.5. The summed E-state index contributed by atoms with van der Waals surface area (Å²) in [7, 11) is 0. The van der Waals surface area contributed by atoms with Crippen molar-refractivity contribution in [1.29, 1.82) is 0 Å². The van der Waals surface area contributed by atoms with E-state index >= 15 is 0 Å². The number of rotatable bonds is 4. The quantitative estimate of drug-likeness (QED) is 0.712. The van der Waals surface area contributed by atoms with E-state index in [1.165, 1.54) is 19.3 Å². The van der Waals surface area contributed by atoms with E-state index in [4.69, 9.17) is 0 Å². The summed E-state index contributed by atoms with van der Waals surface area (Å²) < 4.78 is 0. The van der Waals surface area contributed by atoms with Gasteiger partial charge in [-0.05, 0) is 26.2 Å². The molecule has 15 heavy (non-hydrogen) atoms. The topological polar surface area (TPSA) is 20.3 Å². The first kappa shape index (κ1) is 12.7. The van der Waals surface area contributed by atoms with E-state index in [1.54, 1.807) is 0 Å². The van der Waals surface area contributed by atoms with Crippen molar-refractivity contribution >= 4 is 5.78 Å². The average Bonchev–Trinajstić information content (AvgIpc) is 2.23. The summed E-state index contributed by atoms with van der Waals surface area (Å²) in [6.45, 7) is 9.99. The third kappa shape index (κ3) is 2.41. The molecule has 1 aliphatic rings. The molecule has 1 heterocycles. The van der Waals surface area contributed by atoms with Gasteiger partial charge in [0, 0.05) is 31.0 Å². The molecule has 0 spiro atoms. The molecule has 0 aromatic heterocycles. The van der Waals surface area contributed by atoms with Crippen LogP contribution in [0.4, 0.5) is 0 Å². The molecule has 1 saturated heterocycles. The molecule has 1 fully saturated rings. The lowest BCUT2D eigenvalue weighted by atomic mass is 9.84. The van der Waals surface area contributed by atoms with Gasteiger partial charge in [0.25, 0.3) is 0 Å². The highest BCUT2D eigenvalue weighted by Gasteiger charge is 2.37. The first-order valence-corrected chi connectivity index (χ1v) is 6.38. The Labute approximate surface area is 94.0 Å². The fraction of sp³-hybridized carbons (Fsp3) is 0.923. The number of hydrogen-bond acceptors (Lipinski definition) is 2. The summed E-state index contributed by atoms with van der Waals surface area (Å²) in [5, 5.41) is 0. The molecule has 0 N–H and O–H groups in total. The maximum atomic E-state index is 11.4. The van der Waals surface area contributed by atoms with Crippen LogP contribution < -0.4 is 0 Å². The molecule has 0 bridgehead atoms. The number of ketones is 1. The van der Waals surface area contributed by atoms with Gasteiger partial charge >= 0.3 is 0 Å². The molecule has 2 heteroatoms. The summed E-state index contributed by atoms with van der Waals surface area (Å²) in [5.41, 5.74) is 0.333. The number of hydrogen-bond donors (Lipinski definition) is 0. The fourth-order valence-electron chi connectivity index (χ4n) is 3.07. The summed E-state index contributed by atoms with van der Waals surface area (Å²) >= 11 is 0. The van der Waals surface area contributed by atoms with Gasteiger partial charge in [0.15, 0.2) is 0 Å². The maximum absolute atomic E-state index is 11.4. The Kier molecular flexibility index (Phi) is 4.32. The number of nitrogens with zero attached hydrogens (tertiary/aromatic N) is 1. The second-order valence-electron chi connectivity index (χ2n) is 4.82. The Morgan fingerprint density at radius 3 is 2.20 bits per heavy atom. The van der Waals surface area contributed by atoms with E-state index < -0.39 is 0 Å². The minimum atomic E-state index is 0.333. The van der Waals surface area contributed by atoms with Crippen LogP contribution in [0.5, 0.6) is 0 Å². The fourth-order valence-corrected chi connectivity index (χ4v) is 3.07. The first-order valence-electron chi connectivity index (χ1n) is 6.38. The Bertz CT molecular complexity index is 212. The molecule has 88 valence electrons. The minimum absolute atomic E-state index is 0.333. The monoisotopic (exact) mass is 211 g/mol. The average molecular weight is 211 g/mol. The van der Waals surface area contributed by atoms with Crippen LogP contribution in [0.25, 0.3) is 0 Å². The molecule has 1 unspecified atom stereocenters. The van der Waals surface area contributed by atoms with Crippen LogP contribution >= 0.6 is 0 Å². The van der Waals surface area contributed by atoms with E-state index in [-0.39, 0.29) is 0 Å². The molecule has 0 saturated carbocycles. The molecule has 1 atom stereocenters. The minimum Gasteiger partial charge on any atom is -0.300 e. The largest absolute Gasteiger partial charge is 0.300 e. The normalized spacial score (nSPS) is 24.5. The second-order valence-corrected chi connectivity index (χ2v) is 4.82. The summed E-state index contributed by atoms with van der Waals surface area (Å²) in [6, 6.07) is 0.436. The zero-order valence-electron chi connectivity index (χ0n) is 10.7. The molecule has 2 nitrogen and oxygen atoms in total. The van der Waals surface area contributed by atoms with Crippen molar-refractivity contribution in [1.82, 2.24) is 4.90 Å². The van der Waals surface area contributed by atoms with Crippen molar-refractivity contribution in [2.75, 3.05) is 6.54 Å². The van der Waals surface area contributed by atoms with Crippen LogP contribution in [0.1, 0.15) is 59.8 Å². The SMILES string of the molecule is CCC(CC)(CC)N1CCC(=O)CC1C. The van der Waals surface area contributed by atoms with Crippen LogP contribution in [0.3, 0.4) is 0 Å². The van der Waals surface area contributed by atoms with Gasteiger partial charge in [-0.1, -0.05) is 20.8 Å². The van der Waals surface area contributed by atoms with E-state index in [2.05, 4.69) is 32.6 Å². The Balaban J connectivity index is 2.79. The van der Waals surface area contributed by atoms with Gasteiger partial charge in [-0.3, -0.25) is 9.69 Å². The Morgan fingerprint density at radius 1 is 1.27 bits per heavy atom. The van der Waals surface area contributed by atoms with E-state index in [9.17, 15) is 4.79 Å². The molecule has 0 aromatic rings. The van der Waals surface area contributed by atoms with Crippen molar-refractivity contribution < 1.29 is 4.79 Å². The van der Waals surface area contributed by atoms with Crippen molar-refractivity contribution in [2.24, 2.45) is 0 Å². The smallest absolute Gasteiger partial charge is 0.135 e. The summed E-state index contributed by atoms with van der Waals surface area (Å²) in [6.07, 6.45) is 5.09. The zero-order valence-corrected chi connectivity index (χ0v) is 10.7. The van der Waals surface area contributed by atoms with Crippen LogP contribution in [0.15, 0.2) is 0 Å². The van der Waals surface area contributed by atoms with Crippen molar-refractivity contribution in [3.63, 3.8) is 0 Å². The Morgan fingerprint density at radius 2 is 1.80 bits per heavy atom. The van der Waals surface area contributed by atoms with Gasteiger partial charge in [0.2, 0.25) is 0 Å². The highest BCUT2D eigenvalue weighted by molar-refractivity contribution is 5.79. The summed E-state index contributed by atoms with van der Waals surface area (Å²) in [4.78, 5) is 14.0. The van der Waals surface area contributed by atoms with Gasteiger partial charge in [0.1, 0.15) is 5.78 Å². The highest BCUT2D eigenvalue weighted by Crippen LogP contribution is 2.32. The number of likely N-dealkylation sites (tertiary alicyclic amines) is 1. The van der Waals surface area contributed by atoms with Crippen LogP contribution in [-0.4, -0.2) is 28.8 Å². The van der Waals surface area contributed by atoms with Crippen LogP contribution in [-0.2, 0) is 4.79 Å². The molecular formula is C13H25NO. The van der Waals surface area contributed by atoms with Crippen LogP contribution in [0.2, 0.25) is 0 Å².